The van der Waals surface area contributed by atoms with Crippen LogP contribution in [-0.2, 0) is 10.0 Å². The minimum atomic E-state index is -4.10. The summed E-state index contributed by atoms with van der Waals surface area (Å²) in [6.45, 7) is 1.42. The summed E-state index contributed by atoms with van der Waals surface area (Å²) in [6, 6.07) is 3.18. The van der Waals surface area contributed by atoms with Crippen molar-refractivity contribution < 1.29 is 23.4 Å². The van der Waals surface area contributed by atoms with Gasteiger partial charge in [0.05, 0.1) is 11.3 Å². The van der Waals surface area contributed by atoms with Gasteiger partial charge in [0, 0.05) is 5.69 Å². The fourth-order valence-electron chi connectivity index (χ4n) is 1.59. The summed E-state index contributed by atoms with van der Waals surface area (Å²) in [5.74, 6) is -1.69. The third-order valence-corrected chi connectivity index (χ3v) is 5.48. The van der Waals surface area contributed by atoms with Crippen LogP contribution < -0.4 is 9.60 Å². The Kier molecular flexibility index (Phi) is 3.75. The van der Waals surface area contributed by atoms with Crippen LogP contribution in [0.15, 0.2) is 27.2 Å². The number of hydrogen-bond acceptors (Lipinski definition) is 6. The predicted octanol–water partition coefficient (Wildman–Crippen LogP) is 0.949. The molecule has 0 radical (unpaired) electrons. The number of sulfonamides is 1. The number of aromatic carboxylic acids is 1. The Morgan fingerprint density at radius 2 is 2.05 bits per heavy atom. The van der Waals surface area contributed by atoms with E-state index in [4.69, 9.17) is 5.11 Å². The molecule has 4 N–H and O–H groups in total. The molecule has 2 aromatic rings. The SMILES string of the molecule is Cc1[nH]c(=O)sc1S(=O)(=O)Nc1cc(C(=O)O)ccc1O. The molecule has 0 aliphatic heterocycles. The summed E-state index contributed by atoms with van der Waals surface area (Å²) < 4.78 is 26.1. The van der Waals surface area contributed by atoms with E-state index in [1.165, 1.54) is 6.92 Å². The Balaban J connectivity index is 2.46. The second-order valence-corrected chi connectivity index (χ2v) is 6.93. The largest absolute Gasteiger partial charge is 0.506 e. The standard InChI is InChI=1S/C11H10N2O6S2/c1-5-10(20-11(17)12-5)21(18,19)13-7-4-6(9(15)16)2-3-8(7)14/h2-4,13-14H,1H3,(H,12,17)(H,15,16). The van der Waals surface area contributed by atoms with Crippen molar-refractivity contribution in [2.45, 2.75) is 11.1 Å². The first-order valence-corrected chi connectivity index (χ1v) is 7.79. The summed E-state index contributed by atoms with van der Waals surface area (Å²) in [4.78, 5) is 23.8. The maximum Gasteiger partial charge on any atom is 0.335 e. The van der Waals surface area contributed by atoms with Crippen molar-refractivity contribution in [3.05, 3.63) is 39.1 Å². The molecule has 1 heterocycles. The fourth-order valence-corrected chi connectivity index (χ4v) is 3.96. The van der Waals surface area contributed by atoms with Gasteiger partial charge in [-0.1, -0.05) is 11.3 Å². The van der Waals surface area contributed by atoms with Gasteiger partial charge in [-0.05, 0) is 25.1 Å². The summed E-state index contributed by atoms with van der Waals surface area (Å²) in [6.07, 6.45) is 0. The lowest BCUT2D eigenvalue weighted by Crippen LogP contribution is -2.13. The number of benzene rings is 1. The van der Waals surface area contributed by atoms with Crippen LogP contribution in [0.4, 0.5) is 5.69 Å². The minimum Gasteiger partial charge on any atom is -0.506 e. The van der Waals surface area contributed by atoms with E-state index in [0.29, 0.717) is 11.3 Å². The smallest absolute Gasteiger partial charge is 0.335 e. The van der Waals surface area contributed by atoms with E-state index in [2.05, 4.69) is 9.71 Å². The molecule has 0 unspecified atom stereocenters. The van der Waals surface area contributed by atoms with Crippen LogP contribution in [-0.4, -0.2) is 29.6 Å². The molecule has 0 saturated heterocycles. The molecule has 2 rings (SSSR count). The normalized spacial score (nSPS) is 11.3. The number of carbonyl (C=O) groups is 1. The van der Waals surface area contributed by atoms with Crippen molar-refractivity contribution in [1.29, 1.82) is 0 Å². The monoisotopic (exact) mass is 330 g/mol. The molecule has 0 atom stereocenters. The van der Waals surface area contributed by atoms with E-state index in [-0.39, 0.29) is 21.2 Å². The number of carboxylic acids is 1. The minimum absolute atomic E-state index is 0.159. The number of phenolic OH excluding ortho intramolecular Hbond substituents is 1. The molecular formula is C11H10N2O6S2. The third-order valence-electron chi connectivity index (χ3n) is 2.51. The number of nitrogens with one attached hydrogen (secondary N) is 2. The number of rotatable bonds is 4. The second-order valence-electron chi connectivity index (χ2n) is 4.07. The molecule has 8 nitrogen and oxygen atoms in total. The van der Waals surface area contributed by atoms with Crippen LogP contribution >= 0.6 is 11.3 Å². The molecule has 112 valence electrons. The van der Waals surface area contributed by atoms with Gasteiger partial charge in [0.15, 0.2) is 4.21 Å². The molecule has 0 aliphatic carbocycles. The Bertz CT molecular complexity index is 865. The van der Waals surface area contributed by atoms with Gasteiger partial charge >= 0.3 is 10.8 Å². The zero-order chi connectivity index (χ0) is 15.8. The van der Waals surface area contributed by atoms with Crippen LogP contribution in [0.2, 0.25) is 0 Å². The molecule has 0 bridgehead atoms. The fraction of sp³-hybridized carbons (Fsp3) is 0.0909. The summed E-state index contributed by atoms with van der Waals surface area (Å²) in [5, 5.41) is 18.5. The van der Waals surface area contributed by atoms with E-state index >= 15 is 0 Å². The first-order chi connectivity index (χ1) is 9.70. The quantitative estimate of drug-likeness (QED) is 0.616. The van der Waals surface area contributed by atoms with Crippen LogP contribution in [0.5, 0.6) is 5.75 Å². The number of carboxylic acid groups (broad SMARTS) is 1. The molecular weight excluding hydrogens is 320 g/mol. The number of thiazole rings is 1. The van der Waals surface area contributed by atoms with Gasteiger partial charge in [0.2, 0.25) is 0 Å². The van der Waals surface area contributed by atoms with E-state index in [0.717, 1.165) is 18.2 Å². The van der Waals surface area contributed by atoms with Crippen LogP contribution in [0, 0.1) is 6.92 Å². The Morgan fingerprint density at radius 1 is 1.38 bits per heavy atom. The third kappa shape index (κ3) is 3.06. The van der Waals surface area contributed by atoms with Crippen molar-refractivity contribution in [3.63, 3.8) is 0 Å². The highest BCUT2D eigenvalue weighted by Crippen LogP contribution is 2.28. The lowest BCUT2D eigenvalue weighted by Gasteiger charge is -2.09. The van der Waals surface area contributed by atoms with E-state index in [1.807, 2.05) is 0 Å². The number of aryl methyl sites for hydroxylation is 1. The lowest BCUT2D eigenvalue weighted by atomic mass is 10.2. The molecule has 0 saturated carbocycles. The highest BCUT2D eigenvalue weighted by Gasteiger charge is 2.22. The maximum atomic E-state index is 12.2. The predicted molar refractivity (Wildman–Crippen MR) is 75.6 cm³/mol. The molecule has 1 aromatic heterocycles. The van der Waals surface area contributed by atoms with Gasteiger partial charge in [-0.15, -0.1) is 0 Å². The van der Waals surface area contributed by atoms with Crippen molar-refractivity contribution in [2.24, 2.45) is 0 Å². The second kappa shape index (κ2) is 5.22. The molecule has 0 amide bonds. The average Bonchev–Trinajstić information content (AvgIpc) is 2.71. The number of phenols is 1. The van der Waals surface area contributed by atoms with Crippen LogP contribution in [0.3, 0.4) is 0 Å². The number of aromatic amines is 1. The average molecular weight is 330 g/mol. The van der Waals surface area contributed by atoms with E-state index < -0.39 is 26.6 Å². The number of aromatic hydroxyl groups is 1. The van der Waals surface area contributed by atoms with E-state index in [9.17, 15) is 23.1 Å². The zero-order valence-electron chi connectivity index (χ0n) is 10.6. The van der Waals surface area contributed by atoms with Crippen LogP contribution in [0.25, 0.3) is 0 Å². The number of hydrogen-bond donors (Lipinski definition) is 4. The van der Waals surface area contributed by atoms with Crippen molar-refractivity contribution in [2.75, 3.05) is 4.72 Å². The molecule has 0 aliphatic rings. The van der Waals surface area contributed by atoms with Gasteiger partial charge in [0.25, 0.3) is 10.0 Å². The Morgan fingerprint density at radius 3 is 2.57 bits per heavy atom. The van der Waals surface area contributed by atoms with Gasteiger partial charge < -0.3 is 15.2 Å². The number of anilines is 1. The summed E-state index contributed by atoms with van der Waals surface area (Å²) >= 11 is 0.497. The first-order valence-electron chi connectivity index (χ1n) is 5.49. The highest BCUT2D eigenvalue weighted by molar-refractivity contribution is 7.94. The Labute approximate surface area is 122 Å². The molecule has 0 spiro atoms. The van der Waals surface area contributed by atoms with Crippen molar-refractivity contribution >= 4 is 33.0 Å². The topological polar surface area (TPSA) is 137 Å². The van der Waals surface area contributed by atoms with Gasteiger partial charge in [-0.3, -0.25) is 9.52 Å². The summed E-state index contributed by atoms with van der Waals surface area (Å²) in [5.41, 5.74) is -0.314. The maximum absolute atomic E-state index is 12.2. The zero-order valence-corrected chi connectivity index (χ0v) is 12.2. The lowest BCUT2D eigenvalue weighted by molar-refractivity contribution is 0.0697. The van der Waals surface area contributed by atoms with Gasteiger partial charge in [0.1, 0.15) is 5.75 Å². The van der Waals surface area contributed by atoms with Gasteiger partial charge in [-0.25, -0.2) is 13.2 Å². The number of aromatic nitrogens is 1. The first kappa shape index (κ1) is 15.1. The van der Waals surface area contributed by atoms with Crippen molar-refractivity contribution in [3.8, 4) is 5.75 Å². The van der Waals surface area contributed by atoms with Crippen LogP contribution in [0.1, 0.15) is 16.1 Å². The van der Waals surface area contributed by atoms with Crippen molar-refractivity contribution in [1.82, 2.24) is 4.98 Å². The molecule has 21 heavy (non-hydrogen) atoms. The molecule has 10 heteroatoms. The Hall–Kier alpha value is -2.33. The van der Waals surface area contributed by atoms with Gasteiger partial charge in [-0.2, -0.15) is 0 Å². The summed E-state index contributed by atoms with van der Waals surface area (Å²) in [7, 11) is -4.10. The van der Waals surface area contributed by atoms with E-state index in [1.54, 1.807) is 0 Å². The molecule has 0 fully saturated rings. The number of H-pyrrole nitrogens is 1. The molecule has 1 aromatic carbocycles. The highest BCUT2D eigenvalue weighted by atomic mass is 32.2.